The lowest BCUT2D eigenvalue weighted by atomic mass is 10.1. The number of methoxy groups -OCH3 is 1. The molecule has 8 nitrogen and oxygen atoms in total. The zero-order valence-corrected chi connectivity index (χ0v) is 18.0. The standard InChI is InChI=1S/C24H23N3O5/c1-4-32-24(30)18-13-14-20(25-15(18)2)23(29)26-17-11-9-16(10-12-17)22(28)27-19-7-5-6-8-21(19)31-3/h5-14H,4H2,1-3H3,(H,26,29)(H,27,28). The molecule has 32 heavy (non-hydrogen) atoms. The van der Waals surface area contributed by atoms with Crippen molar-refractivity contribution < 1.29 is 23.9 Å². The molecule has 0 saturated heterocycles. The second kappa shape index (κ2) is 10.2. The van der Waals surface area contributed by atoms with Crippen LogP contribution < -0.4 is 15.4 Å². The van der Waals surface area contributed by atoms with Crippen molar-refractivity contribution in [1.29, 1.82) is 0 Å². The van der Waals surface area contributed by atoms with Crippen molar-refractivity contribution in [2.45, 2.75) is 13.8 Å². The zero-order valence-electron chi connectivity index (χ0n) is 18.0. The normalized spacial score (nSPS) is 10.2. The van der Waals surface area contributed by atoms with Crippen molar-refractivity contribution in [3.8, 4) is 5.75 Å². The Morgan fingerprint density at radius 3 is 2.28 bits per heavy atom. The molecule has 0 bridgehead atoms. The molecule has 0 atom stereocenters. The number of pyridine rings is 1. The summed E-state index contributed by atoms with van der Waals surface area (Å²) in [4.78, 5) is 41.1. The van der Waals surface area contributed by atoms with E-state index in [0.717, 1.165) is 0 Å². The number of benzene rings is 2. The van der Waals surface area contributed by atoms with Gasteiger partial charge in [-0.05, 0) is 62.4 Å². The Hall–Kier alpha value is -4.20. The first-order valence-electron chi connectivity index (χ1n) is 9.93. The highest BCUT2D eigenvalue weighted by atomic mass is 16.5. The van der Waals surface area contributed by atoms with Crippen LogP contribution in [0.5, 0.6) is 5.75 Å². The average Bonchev–Trinajstić information content (AvgIpc) is 2.79. The van der Waals surface area contributed by atoms with E-state index < -0.39 is 11.9 Å². The van der Waals surface area contributed by atoms with Crippen LogP contribution in [0.2, 0.25) is 0 Å². The molecule has 2 N–H and O–H groups in total. The number of esters is 1. The summed E-state index contributed by atoms with van der Waals surface area (Å²) < 4.78 is 10.2. The van der Waals surface area contributed by atoms with Gasteiger partial charge < -0.3 is 20.1 Å². The first-order chi connectivity index (χ1) is 15.4. The van der Waals surface area contributed by atoms with Gasteiger partial charge in [0.25, 0.3) is 11.8 Å². The molecule has 0 aliphatic heterocycles. The number of aryl methyl sites for hydroxylation is 1. The molecule has 0 aliphatic rings. The number of amides is 2. The highest BCUT2D eigenvalue weighted by Gasteiger charge is 2.15. The van der Waals surface area contributed by atoms with Gasteiger partial charge in [-0.3, -0.25) is 9.59 Å². The third-order valence-corrected chi connectivity index (χ3v) is 4.57. The van der Waals surface area contributed by atoms with E-state index in [1.165, 1.54) is 19.2 Å². The van der Waals surface area contributed by atoms with Crippen molar-refractivity contribution in [3.05, 3.63) is 83.2 Å². The summed E-state index contributed by atoms with van der Waals surface area (Å²) in [6, 6.07) is 16.5. The Morgan fingerprint density at radius 1 is 0.906 bits per heavy atom. The summed E-state index contributed by atoms with van der Waals surface area (Å²) in [5.41, 5.74) is 2.35. The second-order valence-corrected chi connectivity index (χ2v) is 6.74. The Balaban J connectivity index is 1.66. The fourth-order valence-electron chi connectivity index (χ4n) is 2.95. The van der Waals surface area contributed by atoms with Crippen LogP contribution in [0.1, 0.15) is 43.8 Å². The zero-order chi connectivity index (χ0) is 23.1. The Labute approximate surface area is 185 Å². The number of rotatable bonds is 7. The van der Waals surface area contributed by atoms with Crippen LogP contribution in [0, 0.1) is 6.92 Å². The third-order valence-electron chi connectivity index (χ3n) is 4.57. The highest BCUT2D eigenvalue weighted by Crippen LogP contribution is 2.24. The summed E-state index contributed by atoms with van der Waals surface area (Å²) in [7, 11) is 1.53. The monoisotopic (exact) mass is 433 g/mol. The molecule has 2 amide bonds. The van der Waals surface area contributed by atoms with Gasteiger partial charge in [0.1, 0.15) is 11.4 Å². The first kappa shape index (κ1) is 22.5. The molecule has 164 valence electrons. The molecule has 0 saturated carbocycles. The molecule has 1 heterocycles. The van der Waals surface area contributed by atoms with E-state index in [1.807, 2.05) is 6.07 Å². The summed E-state index contributed by atoms with van der Waals surface area (Å²) in [5, 5.41) is 5.52. The van der Waals surface area contributed by atoms with Crippen LogP contribution in [0.4, 0.5) is 11.4 Å². The second-order valence-electron chi connectivity index (χ2n) is 6.74. The van der Waals surface area contributed by atoms with Crippen molar-refractivity contribution in [2.24, 2.45) is 0 Å². The number of aromatic nitrogens is 1. The topological polar surface area (TPSA) is 107 Å². The van der Waals surface area contributed by atoms with E-state index in [0.29, 0.717) is 33.9 Å². The number of nitrogens with one attached hydrogen (secondary N) is 2. The summed E-state index contributed by atoms with van der Waals surface area (Å²) in [6.07, 6.45) is 0. The number of carbonyl (C=O) groups is 3. The molecule has 3 rings (SSSR count). The molecule has 0 spiro atoms. The molecule has 0 fully saturated rings. The number of anilines is 2. The molecule has 3 aromatic rings. The molecular weight excluding hydrogens is 410 g/mol. The predicted molar refractivity (Wildman–Crippen MR) is 120 cm³/mol. The first-order valence-corrected chi connectivity index (χ1v) is 9.93. The summed E-state index contributed by atoms with van der Waals surface area (Å²) in [6.45, 7) is 3.61. The SMILES string of the molecule is CCOC(=O)c1ccc(C(=O)Nc2ccc(C(=O)Nc3ccccc3OC)cc2)nc1C. The van der Waals surface area contributed by atoms with Crippen molar-refractivity contribution >= 4 is 29.2 Å². The highest BCUT2D eigenvalue weighted by molar-refractivity contribution is 6.06. The van der Waals surface area contributed by atoms with Gasteiger partial charge in [0.15, 0.2) is 0 Å². The maximum atomic E-state index is 12.5. The van der Waals surface area contributed by atoms with Crippen LogP contribution in [0.3, 0.4) is 0 Å². The minimum absolute atomic E-state index is 0.161. The molecule has 0 unspecified atom stereocenters. The maximum absolute atomic E-state index is 12.5. The lowest BCUT2D eigenvalue weighted by Crippen LogP contribution is -2.16. The minimum Gasteiger partial charge on any atom is -0.495 e. The fraction of sp³-hybridized carbons (Fsp3) is 0.167. The van der Waals surface area contributed by atoms with E-state index in [-0.39, 0.29) is 18.2 Å². The van der Waals surface area contributed by atoms with E-state index in [1.54, 1.807) is 56.3 Å². The molecule has 8 heteroatoms. The number of para-hydroxylation sites is 2. The Bertz CT molecular complexity index is 1140. The maximum Gasteiger partial charge on any atom is 0.339 e. The van der Waals surface area contributed by atoms with Crippen LogP contribution in [0.25, 0.3) is 0 Å². The van der Waals surface area contributed by atoms with E-state index in [4.69, 9.17) is 9.47 Å². The number of carbonyl (C=O) groups excluding carboxylic acids is 3. The summed E-state index contributed by atoms with van der Waals surface area (Å²) in [5.74, 6) is -0.665. The van der Waals surface area contributed by atoms with Crippen LogP contribution in [0.15, 0.2) is 60.7 Å². The lowest BCUT2D eigenvalue weighted by molar-refractivity contribution is 0.0524. The molecule has 1 aromatic heterocycles. The molecular formula is C24H23N3O5. The lowest BCUT2D eigenvalue weighted by Gasteiger charge is -2.11. The largest absolute Gasteiger partial charge is 0.495 e. The van der Waals surface area contributed by atoms with Gasteiger partial charge in [-0.1, -0.05) is 12.1 Å². The number of hydrogen-bond acceptors (Lipinski definition) is 6. The van der Waals surface area contributed by atoms with Gasteiger partial charge >= 0.3 is 5.97 Å². The Kier molecular flexibility index (Phi) is 7.17. The van der Waals surface area contributed by atoms with Gasteiger partial charge in [-0.25, -0.2) is 9.78 Å². The van der Waals surface area contributed by atoms with Crippen molar-refractivity contribution in [3.63, 3.8) is 0 Å². The third kappa shape index (κ3) is 5.28. The number of hydrogen-bond donors (Lipinski definition) is 2. The average molecular weight is 433 g/mol. The summed E-state index contributed by atoms with van der Waals surface area (Å²) >= 11 is 0. The fourth-order valence-corrected chi connectivity index (χ4v) is 2.95. The molecule has 0 radical (unpaired) electrons. The Morgan fingerprint density at radius 2 is 1.62 bits per heavy atom. The molecule has 0 aliphatic carbocycles. The van der Waals surface area contributed by atoms with Gasteiger partial charge in [0.05, 0.1) is 30.7 Å². The van der Waals surface area contributed by atoms with E-state index in [2.05, 4.69) is 15.6 Å². The van der Waals surface area contributed by atoms with E-state index in [9.17, 15) is 14.4 Å². The van der Waals surface area contributed by atoms with Crippen LogP contribution >= 0.6 is 0 Å². The van der Waals surface area contributed by atoms with Gasteiger partial charge in [0, 0.05) is 11.3 Å². The van der Waals surface area contributed by atoms with Gasteiger partial charge in [-0.2, -0.15) is 0 Å². The van der Waals surface area contributed by atoms with Crippen molar-refractivity contribution in [2.75, 3.05) is 24.4 Å². The van der Waals surface area contributed by atoms with Gasteiger partial charge in [-0.15, -0.1) is 0 Å². The smallest absolute Gasteiger partial charge is 0.339 e. The predicted octanol–water partition coefficient (Wildman–Crippen LogP) is 4.08. The van der Waals surface area contributed by atoms with Crippen molar-refractivity contribution in [1.82, 2.24) is 4.98 Å². The van der Waals surface area contributed by atoms with Crippen LogP contribution in [-0.4, -0.2) is 36.5 Å². The number of ether oxygens (including phenoxy) is 2. The number of nitrogens with zero attached hydrogens (tertiary/aromatic N) is 1. The van der Waals surface area contributed by atoms with E-state index >= 15 is 0 Å². The molecule has 2 aromatic carbocycles. The van der Waals surface area contributed by atoms with Gasteiger partial charge in [0.2, 0.25) is 0 Å². The van der Waals surface area contributed by atoms with Crippen LogP contribution in [-0.2, 0) is 4.74 Å². The minimum atomic E-state index is -0.480. The quantitative estimate of drug-likeness (QED) is 0.544.